The van der Waals surface area contributed by atoms with E-state index in [1.54, 1.807) is 0 Å². The normalized spacial score (nSPS) is 20.5. The Hall–Kier alpha value is -2.33. The highest BCUT2D eigenvalue weighted by Gasteiger charge is 2.30. The van der Waals surface area contributed by atoms with E-state index < -0.39 is 0 Å². The molecule has 1 heterocycles. The molecule has 0 radical (unpaired) electrons. The number of anilines is 1. The topological polar surface area (TPSA) is 55.6 Å². The zero-order valence-electron chi connectivity index (χ0n) is 14.9. The quantitative estimate of drug-likeness (QED) is 0.868. The van der Waals surface area contributed by atoms with Gasteiger partial charge in [0.1, 0.15) is 6.10 Å². The fourth-order valence-electron chi connectivity index (χ4n) is 3.39. The molecule has 1 aliphatic heterocycles. The van der Waals surface area contributed by atoms with Crippen molar-refractivity contribution in [2.45, 2.75) is 38.8 Å². The Balaban J connectivity index is 1.66. The van der Waals surface area contributed by atoms with Crippen LogP contribution in [-0.2, 0) is 16.0 Å². The number of amides is 1. The van der Waals surface area contributed by atoms with E-state index in [4.69, 9.17) is 10.5 Å². The van der Waals surface area contributed by atoms with Gasteiger partial charge in [0.2, 0.25) is 5.91 Å². The fourth-order valence-corrected chi connectivity index (χ4v) is 3.39. The number of morpholine rings is 1. The summed E-state index contributed by atoms with van der Waals surface area (Å²) < 4.78 is 6.01. The zero-order chi connectivity index (χ0) is 17.8. The predicted octanol–water partition coefficient (Wildman–Crippen LogP) is 3.50. The highest BCUT2D eigenvalue weighted by atomic mass is 16.5. The van der Waals surface area contributed by atoms with Crippen molar-refractivity contribution < 1.29 is 9.53 Å². The van der Waals surface area contributed by atoms with Crippen molar-refractivity contribution in [2.24, 2.45) is 0 Å². The zero-order valence-corrected chi connectivity index (χ0v) is 14.9. The Morgan fingerprint density at radius 1 is 1.20 bits per heavy atom. The molecule has 3 rings (SSSR count). The molecule has 0 bridgehead atoms. The van der Waals surface area contributed by atoms with Crippen molar-refractivity contribution in [1.29, 1.82) is 0 Å². The molecule has 2 atom stereocenters. The average Bonchev–Trinajstić information content (AvgIpc) is 2.62. The first-order valence-corrected chi connectivity index (χ1v) is 8.86. The SMILES string of the molecule is Cc1ccccc1[C@H]1CN(C(=O)CCc2ccccc2N)[C@@H](C)CO1. The molecule has 1 amide bonds. The van der Waals surface area contributed by atoms with Gasteiger partial charge < -0.3 is 15.4 Å². The highest BCUT2D eigenvalue weighted by molar-refractivity contribution is 5.77. The maximum atomic E-state index is 12.8. The van der Waals surface area contributed by atoms with Gasteiger partial charge in [-0.2, -0.15) is 0 Å². The standard InChI is InChI=1S/C21H26N2O2/c1-15-7-3-5-9-18(15)20-13-23(16(2)14-25-20)21(24)12-11-17-8-4-6-10-19(17)22/h3-10,16,20H,11-14,22H2,1-2H3/t16-,20+/m0/s1. The van der Waals surface area contributed by atoms with Crippen molar-refractivity contribution in [3.63, 3.8) is 0 Å². The summed E-state index contributed by atoms with van der Waals surface area (Å²) in [6.45, 7) is 5.30. The molecular weight excluding hydrogens is 312 g/mol. The molecule has 1 fully saturated rings. The van der Waals surface area contributed by atoms with Crippen LogP contribution in [0.4, 0.5) is 5.69 Å². The molecule has 0 aromatic heterocycles. The molecule has 25 heavy (non-hydrogen) atoms. The van der Waals surface area contributed by atoms with Crippen LogP contribution in [0, 0.1) is 6.92 Å². The molecule has 0 spiro atoms. The van der Waals surface area contributed by atoms with Crippen molar-refractivity contribution in [3.05, 3.63) is 65.2 Å². The third-order valence-corrected chi connectivity index (χ3v) is 4.95. The molecule has 2 aromatic rings. The fraction of sp³-hybridized carbons (Fsp3) is 0.381. The Kier molecular flexibility index (Phi) is 5.39. The van der Waals surface area contributed by atoms with E-state index in [0.29, 0.717) is 26.0 Å². The van der Waals surface area contributed by atoms with Gasteiger partial charge in [0, 0.05) is 12.1 Å². The summed E-state index contributed by atoms with van der Waals surface area (Å²) in [6.07, 6.45) is 1.09. The van der Waals surface area contributed by atoms with Gasteiger partial charge in [0.05, 0.1) is 19.2 Å². The highest BCUT2D eigenvalue weighted by Crippen LogP contribution is 2.27. The van der Waals surface area contributed by atoms with Crippen LogP contribution in [0.3, 0.4) is 0 Å². The number of nitrogens with two attached hydrogens (primary N) is 1. The predicted molar refractivity (Wildman–Crippen MR) is 100 cm³/mol. The summed E-state index contributed by atoms with van der Waals surface area (Å²) in [6, 6.07) is 16.1. The van der Waals surface area contributed by atoms with Gasteiger partial charge in [-0.05, 0) is 43.0 Å². The summed E-state index contributed by atoms with van der Waals surface area (Å²) in [5, 5.41) is 0. The summed E-state index contributed by atoms with van der Waals surface area (Å²) in [5.74, 6) is 0.164. The third kappa shape index (κ3) is 4.02. The van der Waals surface area contributed by atoms with Crippen LogP contribution in [0.15, 0.2) is 48.5 Å². The first kappa shape index (κ1) is 17.5. The molecule has 0 saturated carbocycles. The maximum absolute atomic E-state index is 12.8. The van der Waals surface area contributed by atoms with Crippen molar-refractivity contribution >= 4 is 11.6 Å². The van der Waals surface area contributed by atoms with Crippen molar-refractivity contribution in [2.75, 3.05) is 18.9 Å². The minimum absolute atomic E-state index is 0.0526. The van der Waals surface area contributed by atoms with Crippen LogP contribution in [0.1, 0.15) is 36.1 Å². The lowest BCUT2D eigenvalue weighted by atomic mass is 10.0. The second kappa shape index (κ2) is 7.70. The minimum atomic E-state index is -0.0526. The molecule has 4 heteroatoms. The lowest BCUT2D eigenvalue weighted by Crippen LogP contribution is -2.48. The van der Waals surface area contributed by atoms with Gasteiger partial charge in [0.15, 0.2) is 0 Å². The number of nitrogens with zero attached hydrogens (tertiary/aromatic N) is 1. The Morgan fingerprint density at radius 3 is 2.68 bits per heavy atom. The number of nitrogen functional groups attached to an aromatic ring is 1. The number of carbonyl (C=O) groups excluding carboxylic acids is 1. The molecule has 2 aromatic carbocycles. The van der Waals surface area contributed by atoms with Crippen LogP contribution in [-0.4, -0.2) is 30.0 Å². The van der Waals surface area contributed by atoms with Gasteiger partial charge in [-0.1, -0.05) is 42.5 Å². The Bertz CT molecular complexity index is 744. The number of hydrogen-bond donors (Lipinski definition) is 1. The van der Waals surface area contributed by atoms with E-state index in [1.165, 1.54) is 11.1 Å². The van der Waals surface area contributed by atoms with Crippen LogP contribution in [0.25, 0.3) is 0 Å². The molecule has 132 valence electrons. The van der Waals surface area contributed by atoms with Gasteiger partial charge in [-0.15, -0.1) is 0 Å². The number of benzene rings is 2. The lowest BCUT2D eigenvalue weighted by Gasteiger charge is -2.38. The summed E-state index contributed by atoms with van der Waals surface area (Å²) in [7, 11) is 0. The molecule has 1 saturated heterocycles. The third-order valence-electron chi connectivity index (χ3n) is 4.95. The van der Waals surface area contributed by atoms with E-state index in [1.807, 2.05) is 48.2 Å². The van der Waals surface area contributed by atoms with Crippen LogP contribution >= 0.6 is 0 Å². The van der Waals surface area contributed by atoms with E-state index in [9.17, 15) is 4.79 Å². The molecular formula is C21H26N2O2. The largest absolute Gasteiger partial charge is 0.399 e. The molecule has 0 unspecified atom stereocenters. The van der Waals surface area contributed by atoms with Crippen LogP contribution in [0.2, 0.25) is 0 Å². The van der Waals surface area contributed by atoms with Crippen molar-refractivity contribution in [1.82, 2.24) is 4.90 Å². The lowest BCUT2D eigenvalue weighted by molar-refractivity contribution is -0.144. The molecule has 0 aliphatic carbocycles. The molecule has 4 nitrogen and oxygen atoms in total. The Labute approximate surface area is 149 Å². The van der Waals surface area contributed by atoms with Gasteiger partial charge in [-0.25, -0.2) is 0 Å². The maximum Gasteiger partial charge on any atom is 0.223 e. The summed E-state index contributed by atoms with van der Waals surface area (Å²) >= 11 is 0. The summed E-state index contributed by atoms with van der Waals surface area (Å²) in [4.78, 5) is 14.7. The number of carbonyl (C=O) groups is 1. The van der Waals surface area contributed by atoms with Crippen LogP contribution < -0.4 is 5.73 Å². The second-order valence-electron chi connectivity index (χ2n) is 6.77. The van der Waals surface area contributed by atoms with E-state index in [0.717, 1.165) is 11.3 Å². The smallest absolute Gasteiger partial charge is 0.223 e. The molecule has 2 N–H and O–H groups in total. The monoisotopic (exact) mass is 338 g/mol. The van der Waals surface area contributed by atoms with E-state index in [2.05, 4.69) is 19.1 Å². The van der Waals surface area contributed by atoms with Crippen LogP contribution in [0.5, 0.6) is 0 Å². The second-order valence-corrected chi connectivity index (χ2v) is 6.77. The number of aryl methyl sites for hydroxylation is 2. The Morgan fingerprint density at radius 2 is 1.92 bits per heavy atom. The van der Waals surface area contributed by atoms with E-state index >= 15 is 0 Å². The van der Waals surface area contributed by atoms with Gasteiger partial charge >= 0.3 is 0 Å². The van der Waals surface area contributed by atoms with Gasteiger partial charge in [-0.3, -0.25) is 4.79 Å². The summed E-state index contributed by atoms with van der Waals surface area (Å²) in [5.41, 5.74) is 10.1. The van der Waals surface area contributed by atoms with E-state index in [-0.39, 0.29) is 18.1 Å². The number of ether oxygens (including phenoxy) is 1. The first-order valence-electron chi connectivity index (χ1n) is 8.86. The average molecular weight is 338 g/mol. The number of para-hydroxylation sites is 1. The minimum Gasteiger partial charge on any atom is -0.399 e. The molecule has 1 aliphatic rings. The van der Waals surface area contributed by atoms with Crippen molar-refractivity contribution in [3.8, 4) is 0 Å². The first-order chi connectivity index (χ1) is 12.1. The number of hydrogen-bond acceptors (Lipinski definition) is 3. The van der Waals surface area contributed by atoms with Gasteiger partial charge in [0.25, 0.3) is 0 Å². The number of rotatable bonds is 4.